The average Bonchev–Trinajstić information content (AvgIpc) is 2.58. The number of carbonyl (C=O) groups is 2. The SMILES string of the molecule is O=C(Nc1cccc(CN2CCCCC2=O)c1)C1CCCNC1. The van der Waals surface area contributed by atoms with Crippen molar-refractivity contribution in [2.45, 2.75) is 38.6 Å². The summed E-state index contributed by atoms with van der Waals surface area (Å²) in [5, 5.41) is 6.29. The molecule has 3 rings (SSSR count). The van der Waals surface area contributed by atoms with Gasteiger partial charge in [0.2, 0.25) is 11.8 Å². The molecule has 2 saturated heterocycles. The minimum Gasteiger partial charge on any atom is -0.338 e. The number of rotatable bonds is 4. The second-order valence-electron chi connectivity index (χ2n) is 6.51. The van der Waals surface area contributed by atoms with Gasteiger partial charge in [-0.3, -0.25) is 9.59 Å². The first-order chi connectivity index (χ1) is 11.2. The van der Waals surface area contributed by atoms with Crippen LogP contribution < -0.4 is 10.6 Å². The molecule has 0 radical (unpaired) electrons. The second-order valence-corrected chi connectivity index (χ2v) is 6.51. The number of likely N-dealkylation sites (tertiary alicyclic amines) is 1. The fourth-order valence-electron chi connectivity index (χ4n) is 3.32. The zero-order chi connectivity index (χ0) is 16.1. The van der Waals surface area contributed by atoms with E-state index in [1.54, 1.807) is 0 Å². The van der Waals surface area contributed by atoms with Crippen LogP contribution in [0.1, 0.15) is 37.7 Å². The molecule has 1 atom stereocenters. The summed E-state index contributed by atoms with van der Waals surface area (Å²) in [4.78, 5) is 26.1. The molecule has 2 amide bonds. The number of piperidine rings is 2. The van der Waals surface area contributed by atoms with E-state index in [1.165, 1.54) is 0 Å². The Morgan fingerprint density at radius 3 is 3.00 bits per heavy atom. The molecule has 0 spiro atoms. The van der Waals surface area contributed by atoms with Crippen LogP contribution in [0, 0.1) is 5.92 Å². The Bertz CT molecular complexity index is 567. The Morgan fingerprint density at radius 1 is 1.30 bits per heavy atom. The highest BCUT2D eigenvalue weighted by atomic mass is 16.2. The number of nitrogens with zero attached hydrogens (tertiary/aromatic N) is 1. The van der Waals surface area contributed by atoms with Crippen molar-refractivity contribution >= 4 is 17.5 Å². The van der Waals surface area contributed by atoms with Crippen LogP contribution in [0.5, 0.6) is 0 Å². The van der Waals surface area contributed by atoms with E-state index in [0.29, 0.717) is 13.0 Å². The first-order valence-corrected chi connectivity index (χ1v) is 8.61. The van der Waals surface area contributed by atoms with E-state index in [1.807, 2.05) is 29.2 Å². The molecular formula is C18H25N3O2. The van der Waals surface area contributed by atoms with Gasteiger partial charge in [0.15, 0.2) is 0 Å². The fourth-order valence-corrected chi connectivity index (χ4v) is 3.32. The van der Waals surface area contributed by atoms with Gasteiger partial charge < -0.3 is 15.5 Å². The fraction of sp³-hybridized carbons (Fsp3) is 0.556. The molecule has 2 aliphatic rings. The predicted molar refractivity (Wildman–Crippen MR) is 89.9 cm³/mol. The molecule has 23 heavy (non-hydrogen) atoms. The highest BCUT2D eigenvalue weighted by molar-refractivity contribution is 5.92. The van der Waals surface area contributed by atoms with Crippen LogP contribution in [0.25, 0.3) is 0 Å². The standard InChI is InChI=1S/C18H25N3O2/c22-17-8-1-2-10-21(17)13-14-5-3-7-16(11-14)20-18(23)15-6-4-9-19-12-15/h3,5,7,11,15,19H,1-2,4,6,8-10,12-13H2,(H,20,23). The molecule has 2 fully saturated rings. The van der Waals surface area contributed by atoms with E-state index in [-0.39, 0.29) is 17.7 Å². The Hall–Kier alpha value is -1.88. The molecule has 0 bridgehead atoms. The lowest BCUT2D eigenvalue weighted by Crippen LogP contribution is -2.37. The number of anilines is 1. The van der Waals surface area contributed by atoms with Crippen molar-refractivity contribution in [1.29, 1.82) is 0 Å². The highest BCUT2D eigenvalue weighted by Crippen LogP contribution is 2.18. The minimum atomic E-state index is 0.0519. The van der Waals surface area contributed by atoms with Gasteiger partial charge in [0.05, 0.1) is 5.92 Å². The third kappa shape index (κ3) is 4.32. The summed E-state index contributed by atoms with van der Waals surface area (Å²) in [5.41, 5.74) is 1.89. The molecule has 2 heterocycles. The zero-order valence-corrected chi connectivity index (χ0v) is 13.5. The van der Waals surface area contributed by atoms with Gasteiger partial charge in [-0.1, -0.05) is 12.1 Å². The molecule has 0 aliphatic carbocycles. The molecule has 5 nitrogen and oxygen atoms in total. The molecule has 124 valence electrons. The molecule has 1 unspecified atom stereocenters. The number of amides is 2. The maximum atomic E-state index is 12.3. The summed E-state index contributed by atoms with van der Waals surface area (Å²) < 4.78 is 0. The Kier molecular flexibility index (Phi) is 5.28. The van der Waals surface area contributed by atoms with Gasteiger partial charge >= 0.3 is 0 Å². The average molecular weight is 315 g/mol. The molecule has 0 aromatic heterocycles. The predicted octanol–water partition coefficient (Wildman–Crippen LogP) is 2.14. The van der Waals surface area contributed by atoms with Crippen LogP contribution in [0.3, 0.4) is 0 Å². The number of nitrogens with one attached hydrogen (secondary N) is 2. The maximum Gasteiger partial charge on any atom is 0.228 e. The first-order valence-electron chi connectivity index (χ1n) is 8.61. The van der Waals surface area contributed by atoms with Gasteiger partial charge in [0, 0.05) is 31.7 Å². The van der Waals surface area contributed by atoms with E-state index >= 15 is 0 Å². The van der Waals surface area contributed by atoms with Gasteiger partial charge in [-0.25, -0.2) is 0 Å². The van der Waals surface area contributed by atoms with Crippen LogP contribution in [0.2, 0.25) is 0 Å². The number of carbonyl (C=O) groups excluding carboxylic acids is 2. The van der Waals surface area contributed by atoms with E-state index in [9.17, 15) is 9.59 Å². The Labute approximate surface area is 137 Å². The van der Waals surface area contributed by atoms with Crippen molar-refractivity contribution in [1.82, 2.24) is 10.2 Å². The lowest BCUT2D eigenvalue weighted by molar-refractivity contribution is -0.133. The van der Waals surface area contributed by atoms with Gasteiger partial charge in [0.1, 0.15) is 0 Å². The molecule has 2 aliphatic heterocycles. The lowest BCUT2D eigenvalue weighted by atomic mass is 9.98. The van der Waals surface area contributed by atoms with Gasteiger partial charge in [-0.15, -0.1) is 0 Å². The number of hydrogen-bond acceptors (Lipinski definition) is 3. The van der Waals surface area contributed by atoms with Crippen molar-refractivity contribution in [3.8, 4) is 0 Å². The Morgan fingerprint density at radius 2 is 2.22 bits per heavy atom. The van der Waals surface area contributed by atoms with Crippen LogP contribution in [0.15, 0.2) is 24.3 Å². The van der Waals surface area contributed by atoms with E-state index in [4.69, 9.17) is 0 Å². The van der Waals surface area contributed by atoms with Gasteiger partial charge in [-0.05, 0) is 49.9 Å². The summed E-state index contributed by atoms with van der Waals surface area (Å²) >= 11 is 0. The summed E-state index contributed by atoms with van der Waals surface area (Å²) in [6.45, 7) is 3.23. The van der Waals surface area contributed by atoms with Crippen molar-refractivity contribution in [3.05, 3.63) is 29.8 Å². The normalized spacial score (nSPS) is 22.0. The third-order valence-corrected chi connectivity index (χ3v) is 4.66. The van der Waals surface area contributed by atoms with E-state index < -0.39 is 0 Å². The van der Waals surface area contributed by atoms with E-state index in [2.05, 4.69) is 10.6 Å². The van der Waals surface area contributed by atoms with Crippen molar-refractivity contribution in [2.75, 3.05) is 25.0 Å². The van der Waals surface area contributed by atoms with Gasteiger partial charge in [-0.2, -0.15) is 0 Å². The van der Waals surface area contributed by atoms with Crippen LogP contribution >= 0.6 is 0 Å². The summed E-state index contributed by atoms with van der Waals surface area (Å²) in [7, 11) is 0. The molecule has 0 saturated carbocycles. The lowest BCUT2D eigenvalue weighted by Gasteiger charge is -2.27. The van der Waals surface area contributed by atoms with Crippen molar-refractivity contribution < 1.29 is 9.59 Å². The van der Waals surface area contributed by atoms with Crippen molar-refractivity contribution in [3.63, 3.8) is 0 Å². The first kappa shape index (κ1) is 16.0. The van der Waals surface area contributed by atoms with E-state index in [0.717, 1.165) is 56.6 Å². The largest absolute Gasteiger partial charge is 0.338 e. The van der Waals surface area contributed by atoms with Crippen molar-refractivity contribution in [2.24, 2.45) is 5.92 Å². The smallest absolute Gasteiger partial charge is 0.228 e. The molecule has 5 heteroatoms. The monoisotopic (exact) mass is 315 g/mol. The summed E-state index contributed by atoms with van der Waals surface area (Å²) in [6, 6.07) is 7.85. The minimum absolute atomic E-state index is 0.0519. The maximum absolute atomic E-state index is 12.3. The van der Waals surface area contributed by atoms with Crippen LogP contribution in [-0.2, 0) is 16.1 Å². The van der Waals surface area contributed by atoms with Gasteiger partial charge in [0.25, 0.3) is 0 Å². The molecule has 1 aromatic rings. The quantitative estimate of drug-likeness (QED) is 0.895. The molecule has 2 N–H and O–H groups in total. The van der Waals surface area contributed by atoms with Crippen LogP contribution in [-0.4, -0.2) is 36.3 Å². The second kappa shape index (κ2) is 7.59. The number of hydrogen-bond donors (Lipinski definition) is 2. The third-order valence-electron chi connectivity index (χ3n) is 4.66. The zero-order valence-electron chi connectivity index (χ0n) is 13.5. The summed E-state index contributed by atoms with van der Waals surface area (Å²) in [5.74, 6) is 0.374. The Balaban J connectivity index is 1.60. The molecule has 1 aromatic carbocycles. The highest BCUT2D eigenvalue weighted by Gasteiger charge is 2.21. The topological polar surface area (TPSA) is 61.4 Å². The molecular weight excluding hydrogens is 290 g/mol. The number of benzene rings is 1. The summed E-state index contributed by atoms with van der Waals surface area (Å²) in [6.07, 6.45) is 4.73. The van der Waals surface area contributed by atoms with Crippen LogP contribution in [0.4, 0.5) is 5.69 Å².